The van der Waals surface area contributed by atoms with Gasteiger partial charge in [-0.15, -0.1) is 8.39 Å². The van der Waals surface area contributed by atoms with Crippen molar-refractivity contribution in [1.82, 2.24) is 0 Å². The Morgan fingerprint density at radius 3 is 2.70 bits per heavy atom. The Labute approximate surface area is 57.1 Å². The van der Waals surface area contributed by atoms with Gasteiger partial charge in [-0.1, -0.05) is 0 Å². The molecule has 0 saturated carbocycles. The van der Waals surface area contributed by atoms with Crippen LogP contribution < -0.4 is 0 Å². The van der Waals surface area contributed by atoms with Crippen molar-refractivity contribution < 1.29 is 17.5 Å². The van der Waals surface area contributed by atoms with Crippen molar-refractivity contribution in [3.8, 4) is 0 Å². The number of nitrogens with zero attached hydrogens (tertiary/aromatic N) is 1. The van der Waals surface area contributed by atoms with E-state index in [9.17, 15) is 13.0 Å². The van der Waals surface area contributed by atoms with Crippen LogP contribution in [0.4, 0.5) is 8.39 Å². The molecule has 0 aliphatic heterocycles. The molecule has 3 nitrogen and oxygen atoms in total. The van der Waals surface area contributed by atoms with Crippen molar-refractivity contribution in [2.45, 2.75) is 0 Å². The van der Waals surface area contributed by atoms with Crippen molar-refractivity contribution in [2.75, 3.05) is 13.2 Å². The SMILES string of the molecule is C=C=NCCOP(=O)(F)F. The molecular formula is C4H6F2NO2P. The Balaban J connectivity index is 3.38. The van der Waals surface area contributed by atoms with Gasteiger partial charge in [-0.05, 0) is 12.4 Å². The maximum atomic E-state index is 11.4. The molecule has 0 atom stereocenters. The average Bonchev–Trinajstić information content (AvgIpc) is 1.78. The van der Waals surface area contributed by atoms with Gasteiger partial charge in [0.1, 0.15) is 0 Å². The van der Waals surface area contributed by atoms with Crippen LogP contribution in [0.5, 0.6) is 0 Å². The first kappa shape index (κ1) is 9.50. The summed E-state index contributed by atoms with van der Waals surface area (Å²) in [6, 6.07) is 0. The Morgan fingerprint density at radius 2 is 2.30 bits per heavy atom. The molecule has 0 aromatic heterocycles. The van der Waals surface area contributed by atoms with Gasteiger partial charge in [0.05, 0.1) is 13.2 Å². The second kappa shape index (κ2) is 4.34. The van der Waals surface area contributed by atoms with Gasteiger partial charge in [0.2, 0.25) is 0 Å². The van der Waals surface area contributed by atoms with Crippen LogP contribution in [0.3, 0.4) is 0 Å². The maximum absolute atomic E-state index is 11.4. The first-order valence-corrected chi connectivity index (χ1v) is 3.79. The smallest absolute Gasteiger partial charge is 0.278 e. The lowest BCUT2D eigenvalue weighted by Crippen LogP contribution is -1.91. The van der Waals surface area contributed by atoms with Crippen molar-refractivity contribution >= 4 is 13.9 Å². The fourth-order valence-electron chi connectivity index (χ4n) is 0.272. The highest BCUT2D eigenvalue weighted by atomic mass is 31.2. The molecule has 0 aromatic rings. The van der Waals surface area contributed by atoms with E-state index in [0.717, 1.165) is 0 Å². The van der Waals surface area contributed by atoms with Crippen LogP contribution in [-0.4, -0.2) is 19.0 Å². The van der Waals surface area contributed by atoms with Gasteiger partial charge in [-0.2, -0.15) is 0 Å². The average molecular weight is 169 g/mol. The first-order chi connectivity index (χ1) is 4.56. The van der Waals surface area contributed by atoms with Crippen LogP contribution in [0.2, 0.25) is 0 Å². The molecule has 0 N–H and O–H groups in total. The summed E-state index contributed by atoms with van der Waals surface area (Å²) in [4.78, 5) is 3.33. The van der Waals surface area contributed by atoms with Crippen LogP contribution >= 0.6 is 7.99 Å². The Hall–Kier alpha value is -0.500. The van der Waals surface area contributed by atoms with E-state index in [0.29, 0.717) is 0 Å². The van der Waals surface area contributed by atoms with Crippen molar-refractivity contribution in [2.24, 2.45) is 4.99 Å². The summed E-state index contributed by atoms with van der Waals surface area (Å²) in [6.07, 6.45) is 0. The third-order valence-corrected chi connectivity index (χ3v) is 1.04. The fraction of sp³-hybridized carbons (Fsp3) is 0.500. The highest BCUT2D eigenvalue weighted by molar-refractivity contribution is 7.47. The highest BCUT2D eigenvalue weighted by Gasteiger charge is 2.19. The van der Waals surface area contributed by atoms with Gasteiger partial charge in [-0.25, -0.2) is 9.56 Å². The normalized spacial score (nSPS) is 10.6. The molecule has 0 amide bonds. The number of hydrogen-bond acceptors (Lipinski definition) is 3. The largest absolute Gasteiger partial charge is 0.552 e. The standard InChI is InChI=1S/C4H6F2NO2P/c1-2-7-3-4-9-10(5,6)8/h1,3-4H2. The van der Waals surface area contributed by atoms with Crippen molar-refractivity contribution in [1.29, 1.82) is 0 Å². The molecule has 0 spiro atoms. The molecule has 0 unspecified atom stereocenters. The molecule has 0 aliphatic rings. The summed E-state index contributed by atoms with van der Waals surface area (Å²) in [5.41, 5.74) is 0. The Kier molecular flexibility index (Phi) is 4.12. The number of halogens is 2. The summed E-state index contributed by atoms with van der Waals surface area (Å²) in [5.74, 6) is 2.11. The van der Waals surface area contributed by atoms with E-state index >= 15 is 0 Å². The van der Waals surface area contributed by atoms with Crippen LogP contribution in [0.15, 0.2) is 11.6 Å². The third kappa shape index (κ3) is 7.50. The molecule has 0 aromatic carbocycles. The maximum Gasteiger partial charge on any atom is 0.552 e. The lowest BCUT2D eigenvalue weighted by atomic mass is 10.7. The predicted molar refractivity (Wildman–Crippen MR) is 33.7 cm³/mol. The highest BCUT2D eigenvalue weighted by Crippen LogP contribution is 2.49. The topological polar surface area (TPSA) is 38.7 Å². The van der Waals surface area contributed by atoms with E-state index in [1.54, 1.807) is 0 Å². The summed E-state index contributed by atoms with van der Waals surface area (Å²) in [7, 11) is -5.31. The zero-order valence-electron chi connectivity index (χ0n) is 5.09. The zero-order valence-corrected chi connectivity index (χ0v) is 5.98. The first-order valence-electron chi connectivity index (χ1n) is 2.39. The van der Waals surface area contributed by atoms with Crippen LogP contribution in [0.25, 0.3) is 0 Å². The monoisotopic (exact) mass is 169 g/mol. The predicted octanol–water partition coefficient (Wildman–Crippen LogP) is 1.91. The molecular weight excluding hydrogens is 163 g/mol. The van der Waals surface area contributed by atoms with Crippen molar-refractivity contribution in [3.63, 3.8) is 0 Å². The minimum absolute atomic E-state index is 0.00132. The minimum atomic E-state index is -5.31. The molecule has 0 fully saturated rings. The van der Waals surface area contributed by atoms with E-state index < -0.39 is 7.99 Å². The summed E-state index contributed by atoms with van der Waals surface area (Å²) >= 11 is 0. The van der Waals surface area contributed by atoms with Crippen LogP contribution in [0, 0.1) is 0 Å². The molecule has 0 rings (SSSR count). The molecule has 6 heteroatoms. The zero-order chi connectivity index (χ0) is 8.04. The number of aliphatic imine (C=N–C) groups is 1. The third-order valence-electron chi connectivity index (χ3n) is 0.556. The molecule has 0 aliphatic carbocycles. The Bertz CT molecular complexity index is 184. The molecule has 58 valence electrons. The molecule has 0 heterocycles. The van der Waals surface area contributed by atoms with Crippen LogP contribution in [0.1, 0.15) is 0 Å². The van der Waals surface area contributed by atoms with E-state index in [2.05, 4.69) is 22.0 Å². The van der Waals surface area contributed by atoms with Gasteiger partial charge in [-0.3, -0.25) is 4.52 Å². The minimum Gasteiger partial charge on any atom is -0.278 e. The second-order valence-corrected chi connectivity index (χ2v) is 2.37. The van der Waals surface area contributed by atoms with Crippen molar-refractivity contribution in [3.05, 3.63) is 6.58 Å². The lowest BCUT2D eigenvalue weighted by molar-refractivity contribution is 0.264. The summed E-state index contributed by atoms with van der Waals surface area (Å²) in [5, 5.41) is 0. The van der Waals surface area contributed by atoms with Gasteiger partial charge < -0.3 is 0 Å². The fourth-order valence-corrected chi connectivity index (χ4v) is 0.566. The Morgan fingerprint density at radius 1 is 1.70 bits per heavy atom. The second-order valence-electron chi connectivity index (χ2n) is 1.29. The quantitative estimate of drug-likeness (QED) is 0.366. The molecule has 0 saturated heterocycles. The van der Waals surface area contributed by atoms with E-state index in [1.165, 1.54) is 0 Å². The summed E-state index contributed by atoms with van der Waals surface area (Å²) < 4.78 is 35.9. The van der Waals surface area contributed by atoms with E-state index in [1.807, 2.05) is 0 Å². The van der Waals surface area contributed by atoms with Gasteiger partial charge in [0, 0.05) is 0 Å². The lowest BCUT2D eigenvalue weighted by Gasteiger charge is -1.95. The number of rotatable bonds is 4. The van der Waals surface area contributed by atoms with Gasteiger partial charge >= 0.3 is 7.99 Å². The van der Waals surface area contributed by atoms with Crippen LogP contribution in [-0.2, 0) is 9.09 Å². The summed E-state index contributed by atoms with van der Waals surface area (Å²) in [6.45, 7) is 2.72. The van der Waals surface area contributed by atoms with E-state index in [4.69, 9.17) is 0 Å². The number of hydrogen-bond donors (Lipinski definition) is 0. The molecule has 10 heavy (non-hydrogen) atoms. The van der Waals surface area contributed by atoms with Gasteiger partial charge in [0.25, 0.3) is 0 Å². The molecule has 0 bridgehead atoms. The van der Waals surface area contributed by atoms with Gasteiger partial charge in [0.15, 0.2) is 0 Å². The van der Waals surface area contributed by atoms with E-state index in [-0.39, 0.29) is 13.2 Å². The molecule has 0 radical (unpaired) electrons.